The van der Waals surface area contributed by atoms with E-state index in [1.807, 2.05) is 0 Å². The van der Waals surface area contributed by atoms with Crippen molar-refractivity contribution in [3.8, 4) is 0 Å². The summed E-state index contributed by atoms with van der Waals surface area (Å²) in [6.07, 6.45) is 5.42. The molecule has 4 heteroatoms. The Balaban J connectivity index is 1.88. The van der Waals surface area contributed by atoms with Gasteiger partial charge in [-0.1, -0.05) is 25.7 Å². The normalized spacial score (nSPS) is 16.3. The maximum atomic E-state index is 12.2. The Labute approximate surface area is 111 Å². The highest BCUT2D eigenvalue weighted by molar-refractivity contribution is 5.98. The summed E-state index contributed by atoms with van der Waals surface area (Å²) in [6.45, 7) is 0. The monoisotopic (exact) mass is 259 g/mol. The average Bonchev–Trinajstić information content (AvgIpc) is 2.99. The number of oxazole rings is 1. The highest BCUT2D eigenvalue weighted by atomic mass is 16.4. The average molecular weight is 259 g/mol. The molecule has 1 heterocycles. The first-order valence-electron chi connectivity index (χ1n) is 6.78. The second kappa shape index (κ2) is 4.68. The van der Waals surface area contributed by atoms with E-state index in [4.69, 9.17) is 4.42 Å². The Morgan fingerprint density at radius 1 is 1.37 bits per heavy atom. The van der Waals surface area contributed by atoms with Gasteiger partial charge in [0.2, 0.25) is 0 Å². The van der Waals surface area contributed by atoms with Gasteiger partial charge in [-0.2, -0.15) is 0 Å². The fraction of sp³-hybridized carbons (Fsp3) is 0.467. The largest absolute Gasteiger partial charge is 0.419 e. The molecule has 0 N–H and O–H groups in total. The van der Waals surface area contributed by atoms with Gasteiger partial charge in [-0.25, -0.2) is 4.79 Å². The van der Waals surface area contributed by atoms with Gasteiger partial charge in [-0.05, 0) is 24.1 Å². The number of ketones is 1. The van der Waals surface area contributed by atoms with Crippen molar-refractivity contribution in [2.75, 3.05) is 0 Å². The molecule has 1 fully saturated rings. The first-order chi connectivity index (χ1) is 9.15. The summed E-state index contributed by atoms with van der Waals surface area (Å²) in [5.41, 5.74) is 1.86. The molecule has 1 aliphatic carbocycles. The maximum Gasteiger partial charge on any atom is 0.419 e. The van der Waals surface area contributed by atoms with Crippen molar-refractivity contribution in [2.45, 2.75) is 32.1 Å². The van der Waals surface area contributed by atoms with Crippen molar-refractivity contribution in [3.05, 3.63) is 34.3 Å². The molecule has 1 saturated carbocycles. The first-order valence-corrected chi connectivity index (χ1v) is 6.78. The molecule has 100 valence electrons. The van der Waals surface area contributed by atoms with Crippen LogP contribution in [0.4, 0.5) is 0 Å². The predicted molar refractivity (Wildman–Crippen MR) is 72.4 cm³/mol. The Kier molecular flexibility index (Phi) is 3.01. The van der Waals surface area contributed by atoms with E-state index >= 15 is 0 Å². The molecule has 0 saturated heterocycles. The molecule has 1 aliphatic rings. The lowest BCUT2D eigenvalue weighted by atomic mass is 9.97. The molecule has 19 heavy (non-hydrogen) atoms. The van der Waals surface area contributed by atoms with Crippen molar-refractivity contribution < 1.29 is 9.21 Å². The van der Waals surface area contributed by atoms with E-state index in [0.717, 1.165) is 18.4 Å². The molecule has 0 unspecified atom stereocenters. The molecule has 3 rings (SSSR count). The summed E-state index contributed by atoms with van der Waals surface area (Å²) in [5.74, 6) is 0.293. The van der Waals surface area contributed by atoms with E-state index in [2.05, 4.69) is 0 Å². The van der Waals surface area contributed by atoms with Gasteiger partial charge in [0, 0.05) is 19.0 Å². The minimum atomic E-state index is -0.393. The second-order valence-electron chi connectivity index (χ2n) is 5.39. The van der Waals surface area contributed by atoms with Crippen LogP contribution >= 0.6 is 0 Å². The first kappa shape index (κ1) is 12.2. The minimum absolute atomic E-state index is 0.153. The van der Waals surface area contributed by atoms with Crippen molar-refractivity contribution in [3.63, 3.8) is 0 Å². The number of hydrogen-bond donors (Lipinski definition) is 0. The highest BCUT2D eigenvalue weighted by Gasteiger charge is 2.20. The molecule has 0 amide bonds. The Morgan fingerprint density at radius 2 is 2.11 bits per heavy atom. The van der Waals surface area contributed by atoms with Crippen LogP contribution in [0, 0.1) is 5.92 Å². The number of benzene rings is 1. The summed E-state index contributed by atoms with van der Waals surface area (Å²) < 4.78 is 6.56. The molecule has 0 spiro atoms. The van der Waals surface area contributed by atoms with Crippen LogP contribution in [0.15, 0.2) is 27.4 Å². The van der Waals surface area contributed by atoms with E-state index in [1.54, 1.807) is 25.2 Å². The number of carbonyl (C=O) groups is 1. The lowest BCUT2D eigenvalue weighted by Gasteiger charge is -2.07. The lowest BCUT2D eigenvalue weighted by Crippen LogP contribution is -2.08. The zero-order valence-electron chi connectivity index (χ0n) is 11.0. The topological polar surface area (TPSA) is 52.2 Å². The van der Waals surface area contributed by atoms with E-state index in [9.17, 15) is 9.59 Å². The zero-order valence-corrected chi connectivity index (χ0v) is 11.0. The van der Waals surface area contributed by atoms with Crippen molar-refractivity contribution >= 4 is 16.9 Å². The van der Waals surface area contributed by atoms with Crippen LogP contribution in [0.1, 0.15) is 42.5 Å². The van der Waals surface area contributed by atoms with Crippen LogP contribution in [0.25, 0.3) is 11.1 Å². The van der Waals surface area contributed by atoms with E-state index in [0.29, 0.717) is 23.5 Å². The summed E-state index contributed by atoms with van der Waals surface area (Å²) >= 11 is 0. The lowest BCUT2D eigenvalue weighted by molar-refractivity contribution is 0.0962. The fourth-order valence-corrected chi connectivity index (χ4v) is 2.90. The standard InChI is InChI=1S/C15H17NO3/c1-16-12-7-6-11(9-14(12)19-15(16)18)13(17)8-10-4-2-3-5-10/h6-7,9-10H,2-5,8H2,1H3. The van der Waals surface area contributed by atoms with Crippen LogP contribution in [-0.2, 0) is 7.05 Å². The molecular weight excluding hydrogens is 242 g/mol. The summed E-state index contributed by atoms with van der Waals surface area (Å²) in [4.78, 5) is 23.6. The van der Waals surface area contributed by atoms with Crippen LogP contribution in [0.5, 0.6) is 0 Å². The van der Waals surface area contributed by atoms with Gasteiger partial charge in [0.05, 0.1) is 5.52 Å². The second-order valence-corrected chi connectivity index (χ2v) is 5.39. The van der Waals surface area contributed by atoms with Gasteiger partial charge < -0.3 is 4.42 Å². The van der Waals surface area contributed by atoms with Gasteiger partial charge >= 0.3 is 5.76 Å². The van der Waals surface area contributed by atoms with E-state index in [1.165, 1.54) is 17.4 Å². The highest BCUT2D eigenvalue weighted by Crippen LogP contribution is 2.29. The van der Waals surface area contributed by atoms with Crippen LogP contribution in [-0.4, -0.2) is 10.4 Å². The third-order valence-corrected chi connectivity index (χ3v) is 4.06. The van der Waals surface area contributed by atoms with Gasteiger partial charge in [0.1, 0.15) is 0 Å². The van der Waals surface area contributed by atoms with Gasteiger partial charge in [-0.3, -0.25) is 9.36 Å². The molecule has 1 aromatic heterocycles. The molecular formula is C15H17NO3. The number of rotatable bonds is 3. The minimum Gasteiger partial charge on any atom is -0.408 e. The van der Waals surface area contributed by atoms with E-state index in [-0.39, 0.29) is 5.78 Å². The number of aromatic nitrogens is 1. The SMILES string of the molecule is Cn1c(=O)oc2cc(C(=O)CC3CCCC3)ccc21. The van der Waals surface area contributed by atoms with E-state index < -0.39 is 5.76 Å². The van der Waals surface area contributed by atoms with Crippen LogP contribution < -0.4 is 5.76 Å². The van der Waals surface area contributed by atoms with Gasteiger partial charge in [0.15, 0.2) is 11.4 Å². The Morgan fingerprint density at radius 3 is 2.84 bits per heavy atom. The Hall–Kier alpha value is -1.84. The number of carbonyl (C=O) groups excluding carboxylic acids is 1. The third kappa shape index (κ3) is 2.23. The molecule has 4 nitrogen and oxygen atoms in total. The number of Topliss-reactive ketones (excluding diaryl/α,β-unsaturated/α-hetero) is 1. The number of aryl methyl sites for hydroxylation is 1. The maximum absolute atomic E-state index is 12.2. The molecule has 1 aromatic carbocycles. The quantitative estimate of drug-likeness (QED) is 0.796. The molecule has 0 bridgehead atoms. The molecule has 0 radical (unpaired) electrons. The number of hydrogen-bond acceptors (Lipinski definition) is 3. The van der Waals surface area contributed by atoms with Crippen LogP contribution in [0.2, 0.25) is 0 Å². The summed E-state index contributed by atoms with van der Waals surface area (Å²) in [6, 6.07) is 5.25. The van der Waals surface area contributed by atoms with Gasteiger partial charge in [-0.15, -0.1) is 0 Å². The van der Waals surface area contributed by atoms with Crippen LogP contribution in [0.3, 0.4) is 0 Å². The Bertz CT molecular complexity index is 674. The molecule has 0 atom stereocenters. The zero-order chi connectivity index (χ0) is 13.4. The number of fused-ring (bicyclic) bond motifs is 1. The molecule has 2 aromatic rings. The molecule has 0 aliphatic heterocycles. The predicted octanol–water partition coefficient (Wildman–Crippen LogP) is 2.89. The van der Waals surface area contributed by atoms with Crippen molar-refractivity contribution in [1.29, 1.82) is 0 Å². The van der Waals surface area contributed by atoms with Gasteiger partial charge in [0.25, 0.3) is 0 Å². The third-order valence-electron chi connectivity index (χ3n) is 4.06. The van der Waals surface area contributed by atoms with Crippen molar-refractivity contribution in [1.82, 2.24) is 4.57 Å². The fourth-order valence-electron chi connectivity index (χ4n) is 2.90. The summed E-state index contributed by atoms with van der Waals surface area (Å²) in [7, 11) is 1.66. The summed E-state index contributed by atoms with van der Waals surface area (Å²) in [5, 5.41) is 0. The number of nitrogens with zero attached hydrogens (tertiary/aromatic N) is 1. The van der Waals surface area contributed by atoms with Crippen molar-refractivity contribution in [2.24, 2.45) is 13.0 Å². The smallest absolute Gasteiger partial charge is 0.408 e.